The molecule has 0 radical (unpaired) electrons. The maximum Gasteiger partial charge on any atom is 0.573 e. The molecule has 0 atom stereocenters. The number of aromatic carboxylic acids is 1. The third-order valence-electron chi connectivity index (χ3n) is 2.90. The zero-order valence-electron chi connectivity index (χ0n) is 12.5. The molecule has 132 valence electrons. The van der Waals surface area contributed by atoms with Crippen molar-refractivity contribution in [3.8, 4) is 5.75 Å². The first-order valence-electron chi connectivity index (χ1n) is 6.85. The van der Waals surface area contributed by atoms with Crippen LogP contribution >= 0.6 is 0 Å². The van der Waals surface area contributed by atoms with E-state index in [1.54, 1.807) is 30.3 Å². The van der Waals surface area contributed by atoms with Gasteiger partial charge in [-0.2, -0.15) is 0 Å². The first-order valence-corrected chi connectivity index (χ1v) is 6.85. The number of ether oxygens (including phenoxy) is 2. The molecule has 0 saturated carbocycles. The Balaban J connectivity index is 2.11. The van der Waals surface area contributed by atoms with Crippen molar-refractivity contribution in [2.45, 2.75) is 13.0 Å². The average Bonchev–Trinajstić information content (AvgIpc) is 2.54. The summed E-state index contributed by atoms with van der Waals surface area (Å²) in [5.41, 5.74) is -0.117. The maximum absolute atomic E-state index is 12.4. The molecule has 2 rings (SSSR count). The van der Waals surface area contributed by atoms with Gasteiger partial charge in [-0.05, 0) is 23.8 Å². The number of benzene rings is 2. The van der Waals surface area contributed by atoms with Gasteiger partial charge < -0.3 is 14.6 Å². The van der Waals surface area contributed by atoms with E-state index in [9.17, 15) is 22.8 Å². The highest BCUT2D eigenvalue weighted by molar-refractivity contribution is 5.91. The zero-order valence-corrected chi connectivity index (χ0v) is 12.5. The first-order chi connectivity index (χ1) is 11.7. The van der Waals surface area contributed by atoms with Gasteiger partial charge in [0.25, 0.3) is 0 Å². The lowest BCUT2D eigenvalue weighted by Gasteiger charge is -2.14. The predicted molar refractivity (Wildman–Crippen MR) is 80.3 cm³/mol. The Morgan fingerprint density at radius 3 is 2.36 bits per heavy atom. The number of amides is 1. The molecule has 9 heteroatoms. The van der Waals surface area contributed by atoms with Crippen molar-refractivity contribution in [2.24, 2.45) is 0 Å². The lowest BCUT2D eigenvalue weighted by molar-refractivity contribution is -0.274. The summed E-state index contributed by atoms with van der Waals surface area (Å²) in [5, 5.41) is 10.9. The number of hydrogen-bond donors (Lipinski definition) is 2. The van der Waals surface area contributed by atoms with Crippen LogP contribution in [0.15, 0.2) is 48.5 Å². The van der Waals surface area contributed by atoms with Crippen LogP contribution in [0.25, 0.3) is 0 Å². The largest absolute Gasteiger partial charge is 0.573 e. The number of nitrogens with one attached hydrogen (secondary N) is 1. The first kappa shape index (κ1) is 18.1. The lowest BCUT2D eigenvalue weighted by atomic mass is 10.2. The Morgan fingerprint density at radius 1 is 1.08 bits per heavy atom. The van der Waals surface area contributed by atoms with E-state index in [-0.39, 0.29) is 12.3 Å². The van der Waals surface area contributed by atoms with Crippen LogP contribution in [0.5, 0.6) is 5.75 Å². The van der Waals surface area contributed by atoms with Crippen molar-refractivity contribution >= 4 is 17.7 Å². The molecule has 0 fully saturated rings. The number of carboxylic acids is 1. The monoisotopic (exact) mass is 355 g/mol. The Labute approximate surface area is 139 Å². The van der Waals surface area contributed by atoms with Crippen molar-refractivity contribution in [3.05, 3.63) is 59.7 Å². The van der Waals surface area contributed by atoms with Crippen LogP contribution in [-0.4, -0.2) is 23.5 Å². The van der Waals surface area contributed by atoms with Gasteiger partial charge in [0.1, 0.15) is 6.61 Å². The van der Waals surface area contributed by atoms with E-state index in [1.807, 2.05) is 0 Å². The summed E-state index contributed by atoms with van der Waals surface area (Å²) in [6.45, 7) is -0.0880. The molecule has 1 amide bonds. The fourth-order valence-electron chi connectivity index (χ4n) is 1.84. The molecule has 0 saturated heterocycles. The zero-order chi connectivity index (χ0) is 18.4. The highest BCUT2D eigenvalue weighted by Crippen LogP contribution is 2.31. The summed E-state index contributed by atoms with van der Waals surface area (Å²) in [6.07, 6.45) is -6.07. The van der Waals surface area contributed by atoms with E-state index in [0.29, 0.717) is 11.6 Å². The molecule has 0 unspecified atom stereocenters. The standard InChI is InChI=1S/C16H12F3NO5/c17-16(18,19)25-13-8-11(14(21)22)6-7-12(13)20-15(23)24-9-10-4-2-1-3-5-10/h1-8H,9H2,(H,20,23)(H,21,22). The van der Waals surface area contributed by atoms with Crippen molar-refractivity contribution < 1.29 is 37.3 Å². The number of carboxylic acid groups (broad SMARTS) is 1. The summed E-state index contributed by atoms with van der Waals surface area (Å²) in [7, 11) is 0. The Hall–Kier alpha value is -3.23. The minimum atomic E-state index is -5.05. The Morgan fingerprint density at radius 2 is 1.76 bits per heavy atom. The summed E-state index contributed by atoms with van der Waals surface area (Å²) in [5.74, 6) is -2.30. The molecule has 0 bridgehead atoms. The molecule has 0 aliphatic rings. The number of rotatable bonds is 5. The quantitative estimate of drug-likeness (QED) is 0.846. The SMILES string of the molecule is O=C(Nc1ccc(C(=O)O)cc1OC(F)(F)F)OCc1ccccc1. The third-order valence-corrected chi connectivity index (χ3v) is 2.90. The van der Waals surface area contributed by atoms with E-state index in [0.717, 1.165) is 12.1 Å². The summed E-state index contributed by atoms with van der Waals surface area (Å²) >= 11 is 0. The highest BCUT2D eigenvalue weighted by Gasteiger charge is 2.32. The van der Waals surface area contributed by atoms with E-state index in [2.05, 4.69) is 10.1 Å². The van der Waals surface area contributed by atoms with Gasteiger partial charge in [-0.15, -0.1) is 13.2 Å². The second kappa shape index (κ2) is 7.56. The number of anilines is 1. The number of carbonyl (C=O) groups excluding carboxylic acids is 1. The highest BCUT2D eigenvalue weighted by atomic mass is 19.4. The molecule has 0 heterocycles. The van der Waals surface area contributed by atoms with Crippen LogP contribution in [0.2, 0.25) is 0 Å². The second-order valence-electron chi connectivity index (χ2n) is 4.75. The summed E-state index contributed by atoms with van der Waals surface area (Å²) in [4.78, 5) is 22.6. The molecular weight excluding hydrogens is 343 g/mol. The minimum absolute atomic E-state index is 0.0880. The molecule has 2 aromatic carbocycles. The van der Waals surface area contributed by atoms with Gasteiger partial charge in [0, 0.05) is 0 Å². The number of hydrogen-bond acceptors (Lipinski definition) is 4. The molecular formula is C16H12F3NO5. The average molecular weight is 355 g/mol. The molecule has 25 heavy (non-hydrogen) atoms. The van der Waals surface area contributed by atoms with Gasteiger partial charge >= 0.3 is 18.4 Å². The third kappa shape index (κ3) is 5.72. The van der Waals surface area contributed by atoms with Crippen LogP contribution in [0.3, 0.4) is 0 Å². The van der Waals surface area contributed by atoms with Gasteiger partial charge in [-0.3, -0.25) is 5.32 Å². The molecule has 0 aromatic heterocycles. The minimum Gasteiger partial charge on any atom is -0.478 e. The van der Waals surface area contributed by atoms with E-state index in [1.165, 1.54) is 0 Å². The smallest absolute Gasteiger partial charge is 0.478 e. The van der Waals surface area contributed by atoms with Crippen molar-refractivity contribution in [3.63, 3.8) is 0 Å². The van der Waals surface area contributed by atoms with Crippen LogP contribution in [0.4, 0.5) is 23.7 Å². The normalized spacial score (nSPS) is 10.8. The molecule has 0 aliphatic heterocycles. The summed E-state index contributed by atoms with van der Waals surface area (Å²) in [6, 6.07) is 11.3. The molecule has 0 spiro atoms. The topological polar surface area (TPSA) is 84.9 Å². The lowest BCUT2D eigenvalue weighted by Crippen LogP contribution is -2.20. The molecule has 0 aliphatic carbocycles. The molecule has 6 nitrogen and oxygen atoms in total. The van der Waals surface area contributed by atoms with Crippen molar-refractivity contribution in [1.29, 1.82) is 0 Å². The van der Waals surface area contributed by atoms with E-state index < -0.39 is 29.7 Å². The van der Waals surface area contributed by atoms with E-state index in [4.69, 9.17) is 9.84 Å². The van der Waals surface area contributed by atoms with Gasteiger partial charge in [-0.25, -0.2) is 9.59 Å². The fourth-order valence-corrected chi connectivity index (χ4v) is 1.84. The maximum atomic E-state index is 12.4. The molecule has 2 aromatic rings. The predicted octanol–water partition coefficient (Wildman–Crippen LogP) is 4.03. The van der Waals surface area contributed by atoms with Crippen LogP contribution < -0.4 is 10.1 Å². The van der Waals surface area contributed by atoms with Crippen molar-refractivity contribution in [2.75, 3.05) is 5.32 Å². The van der Waals surface area contributed by atoms with E-state index >= 15 is 0 Å². The van der Waals surface area contributed by atoms with Crippen LogP contribution in [-0.2, 0) is 11.3 Å². The van der Waals surface area contributed by atoms with Gasteiger partial charge in [-0.1, -0.05) is 30.3 Å². The Kier molecular flexibility index (Phi) is 5.48. The van der Waals surface area contributed by atoms with Gasteiger partial charge in [0.05, 0.1) is 11.3 Å². The molecule has 2 N–H and O–H groups in total. The van der Waals surface area contributed by atoms with Crippen molar-refractivity contribution in [1.82, 2.24) is 0 Å². The van der Waals surface area contributed by atoms with Crippen LogP contribution in [0, 0.1) is 0 Å². The Bertz CT molecular complexity index is 762. The van der Waals surface area contributed by atoms with Crippen LogP contribution in [0.1, 0.15) is 15.9 Å². The summed E-state index contributed by atoms with van der Waals surface area (Å²) < 4.78 is 46.0. The number of carbonyl (C=O) groups is 2. The van der Waals surface area contributed by atoms with Gasteiger partial charge in [0.15, 0.2) is 5.75 Å². The number of alkyl halides is 3. The van der Waals surface area contributed by atoms with Gasteiger partial charge in [0.2, 0.25) is 0 Å². The second-order valence-corrected chi connectivity index (χ2v) is 4.75. The fraction of sp³-hybridized carbons (Fsp3) is 0.125. The number of halogens is 3.